The lowest BCUT2D eigenvalue weighted by Crippen LogP contribution is -2.34. The van der Waals surface area contributed by atoms with Crippen LogP contribution >= 0.6 is 0 Å². The third-order valence-corrected chi connectivity index (χ3v) is 2.23. The molecule has 0 fully saturated rings. The van der Waals surface area contributed by atoms with Crippen molar-refractivity contribution in [1.29, 1.82) is 0 Å². The van der Waals surface area contributed by atoms with E-state index in [1.54, 1.807) is 6.08 Å². The molecule has 0 aliphatic rings. The Labute approximate surface area is 101 Å². The average Bonchev–Trinajstić information content (AvgIpc) is 2.25. The Bertz CT molecular complexity index is 452. The summed E-state index contributed by atoms with van der Waals surface area (Å²) < 4.78 is 0. The highest BCUT2D eigenvalue weighted by atomic mass is 16.2. The second kappa shape index (κ2) is 5.84. The van der Waals surface area contributed by atoms with Crippen molar-refractivity contribution < 1.29 is 9.59 Å². The Morgan fingerprint density at radius 3 is 2.71 bits per heavy atom. The van der Waals surface area contributed by atoms with Crippen molar-refractivity contribution in [3.05, 3.63) is 41.5 Å². The minimum atomic E-state index is -0.523. The van der Waals surface area contributed by atoms with E-state index in [0.717, 1.165) is 11.1 Å². The predicted octanol–water partition coefficient (Wildman–Crippen LogP) is 0.952. The maximum absolute atomic E-state index is 11.6. The van der Waals surface area contributed by atoms with Crippen LogP contribution in [0.25, 0.3) is 6.08 Å². The molecule has 0 heterocycles. The van der Waals surface area contributed by atoms with Crippen LogP contribution in [0.3, 0.4) is 0 Å². The molecule has 17 heavy (non-hydrogen) atoms. The molecule has 0 aromatic heterocycles. The van der Waals surface area contributed by atoms with Crippen LogP contribution in [0.15, 0.2) is 30.3 Å². The Morgan fingerprint density at radius 2 is 2.12 bits per heavy atom. The summed E-state index contributed by atoms with van der Waals surface area (Å²) >= 11 is 0. The van der Waals surface area contributed by atoms with Crippen molar-refractivity contribution in [1.82, 2.24) is 4.90 Å². The molecule has 4 nitrogen and oxygen atoms in total. The van der Waals surface area contributed by atoms with Crippen LogP contribution in [0, 0.1) is 6.92 Å². The number of primary amides is 1. The van der Waals surface area contributed by atoms with Crippen molar-refractivity contribution >= 4 is 17.9 Å². The Kier molecular flexibility index (Phi) is 4.46. The Balaban J connectivity index is 2.65. The first-order chi connectivity index (χ1) is 7.99. The van der Waals surface area contributed by atoms with Crippen LogP contribution in [0.2, 0.25) is 0 Å². The van der Waals surface area contributed by atoms with E-state index in [4.69, 9.17) is 5.73 Å². The van der Waals surface area contributed by atoms with Gasteiger partial charge in [-0.05, 0) is 18.6 Å². The van der Waals surface area contributed by atoms with Gasteiger partial charge in [0.2, 0.25) is 11.8 Å². The summed E-state index contributed by atoms with van der Waals surface area (Å²) in [4.78, 5) is 23.5. The third kappa shape index (κ3) is 4.51. The topological polar surface area (TPSA) is 63.4 Å². The summed E-state index contributed by atoms with van der Waals surface area (Å²) in [5, 5.41) is 0. The van der Waals surface area contributed by atoms with Crippen LogP contribution in [-0.4, -0.2) is 30.3 Å². The van der Waals surface area contributed by atoms with Crippen molar-refractivity contribution in [2.45, 2.75) is 6.92 Å². The van der Waals surface area contributed by atoms with Crippen molar-refractivity contribution in [2.24, 2.45) is 5.73 Å². The number of rotatable bonds is 4. The van der Waals surface area contributed by atoms with Crippen molar-refractivity contribution in [3.8, 4) is 0 Å². The van der Waals surface area contributed by atoms with E-state index in [9.17, 15) is 9.59 Å². The number of hydrogen-bond acceptors (Lipinski definition) is 2. The van der Waals surface area contributed by atoms with Gasteiger partial charge in [0.05, 0.1) is 6.54 Å². The Hall–Kier alpha value is -2.10. The van der Waals surface area contributed by atoms with E-state index in [1.165, 1.54) is 18.0 Å². The number of nitrogens with two attached hydrogens (primary N) is 1. The fourth-order valence-corrected chi connectivity index (χ4v) is 1.38. The van der Waals surface area contributed by atoms with Crippen LogP contribution in [0.5, 0.6) is 0 Å². The van der Waals surface area contributed by atoms with Gasteiger partial charge >= 0.3 is 0 Å². The first kappa shape index (κ1) is 13.0. The summed E-state index contributed by atoms with van der Waals surface area (Å²) in [6, 6.07) is 7.79. The lowest BCUT2D eigenvalue weighted by molar-refractivity contribution is -0.129. The maximum Gasteiger partial charge on any atom is 0.246 e. The van der Waals surface area contributed by atoms with Gasteiger partial charge in [-0.2, -0.15) is 0 Å². The van der Waals surface area contributed by atoms with E-state index < -0.39 is 5.91 Å². The van der Waals surface area contributed by atoms with E-state index in [1.807, 2.05) is 31.2 Å². The highest BCUT2D eigenvalue weighted by Crippen LogP contribution is 2.05. The van der Waals surface area contributed by atoms with Gasteiger partial charge in [-0.3, -0.25) is 9.59 Å². The van der Waals surface area contributed by atoms with Crippen LogP contribution in [-0.2, 0) is 9.59 Å². The average molecular weight is 232 g/mol. The second-order valence-corrected chi connectivity index (χ2v) is 3.91. The molecule has 0 unspecified atom stereocenters. The second-order valence-electron chi connectivity index (χ2n) is 3.91. The van der Waals surface area contributed by atoms with Gasteiger partial charge < -0.3 is 10.6 Å². The van der Waals surface area contributed by atoms with Gasteiger partial charge in [0.25, 0.3) is 0 Å². The van der Waals surface area contributed by atoms with Gasteiger partial charge in [0.1, 0.15) is 0 Å². The molecule has 2 N–H and O–H groups in total. The maximum atomic E-state index is 11.6. The number of aryl methyl sites for hydroxylation is 1. The molecule has 4 heteroatoms. The molecule has 0 bridgehead atoms. The fourth-order valence-electron chi connectivity index (χ4n) is 1.38. The fraction of sp³-hybridized carbons (Fsp3) is 0.231. The highest BCUT2D eigenvalue weighted by Gasteiger charge is 2.06. The largest absolute Gasteiger partial charge is 0.368 e. The van der Waals surface area contributed by atoms with Crippen LogP contribution in [0.1, 0.15) is 11.1 Å². The normalized spacial score (nSPS) is 10.5. The SMILES string of the molecule is Cc1cccc(/C=C/C(=O)N(C)CC(N)=O)c1. The zero-order chi connectivity index (χ0) is 12.8. The third-order valence-electron chi connectivity index (χ3n) is 2.23. The first-order valence-electron chi connectivity index (χ1n) is 5.27. The van der Waals surface area contributed by atoms with E-state index in [-0.39, 0.29) is 12.5 Å². The smallest absolute Gasteiger partial charge is 0.246 e. The summed E-state index contributed by atoms with van der Waals surface area (Å²) in [6.45, 7) is 1.91. The van der Waals surface area contributed by atoms with E-state index in [0.29, 0.717) is 0 Å². The number of nitrogens with zero attached hydrogens (tertiary/aromatic N) is 1. The lowest BCUT2D eigenvalue weighted by atomic mass is 10.1. The molecule has 1 aromatic carbocycles. The summed E-state index contributed by atoms with van der Waals surface area (Å²) in [6.07, 6.45) is 3.14. The molecule has 0 saturated heterocycles. The number of carbonyl (C=O) groups is 2. The standard InChI is InChI=1S/C13H16N2O2/c1-10-4-3-5-11(8-10)6-7-13(17)15(2)9-12(14)16/h3-8H,9H2,1-2H3,(H2,14,16)/b7-6+. The molecule has 2 amide bonds. The Morgan fingerprint density at radius 1 is 1.41 bits per heavy atom. The number of likely N-dealkylation sites (N-methyl/N-ethyl adjacent to an activating group) is 1. The molecule has 90 valence electrons. The molecule has 0 atom stereocenters. The molecule has 1 rings (SSSR count). The number of amides is 2. The summed E-state index contributed by atoms with van der Waals surface area (Å²) in [5.74, 6) is -0.768. The minimum absolute atomic E-state index is 0.0724. The van der Waals surface area contributed by atoms with Gasteiger partial charge in [-0.15, -0.1) is 0 Å². The molecule has 0 spiro atoms. The van der Waals surface area contributed by atoms with Crippen LogP contribution in [0.4, 0.5) is 0 Å². The van der Waals surface area contributed by atoms with Crippen LogP contribution < -0.4 is 5.73 Å². The van der Waals surface area contributed by atoms with Crippen molar-refractivity contribution in [3.63, 3.8) is 0 Å². The molecule has 0 aliphatic heterocycles. The quantitative estimate of drug-likeness (QED) is 0.786. The number of hydrogen-bond donors (Lipinski definition) is 1. The van der Waals surface area contributed by atoms with E-state index in [2.05, 4.69) is 0 Å². The van der Waals surface area contributed by atoms with Gasteiger partial charge in [-0.25, -0.2) is 0 Å². The molecular weight excluding hydrogens is 216 g/mol. The van der Waals surface area contributed by atoms with Gasteiger partial charge in [0.15, 0.2) is 0 Å². The summed E-state index contributed by atoms with van der Waals surface area (Å²) in [5.41, 5.74) is 7.08. The van der Waals surface area contributed by atoms with E-state index >= 15 is 0 Å². The zero-order valence-corrected chi connectivity index (χ0v) is 10.0. The molecule has 0 aliphatic carbocycles. The first-order valence-corrected chi connectivity index (χ1v) is 5.27. The summed E-state index contributed by atoms with van der Waals surface area (Å²) in [7, 11) is 1.54. The predicted molar refractivity (Wildman–Crippen MR) is 67.0 cm³/mol. The number of benzene rings is 1. The van der Waals surface area contributed by atoms with Gasteiger partial charge in [-0.1, -0.05) is 29.8 Å². The zero-order valence-electron chi connectivity index (χ0n) is 10.0. The molecule has 0 radical (unpaired) electrons. The highest BCUT2D eigenvalue weighted by molar-refractivity contribution is 5.93. The minimum Gasteiger partial charge on any atom is -0.368 e. The van der Waals surface area contributed by atoms with Gasteiger partial charge in [0, 0.05) is 13.1 Å². The molecule has 0 saturated carbocycles. The molecule has 1 aromatic rings. The molecular formula is C13H16N2O2. The number of carbonyl (C=O) groups excluding carboxylic acids is 2. The van der Waals surface area contributed by atoms with Crippen molar-refractivity contribution in [2.75, 3.05) is 13.6 Å². The monoisotopic (exact) mass is 232 g/mol. The lowest BCUT2D eigenvalue weighted by Gasteiger charge is -2.11.